The van der Waals surface area contributed by atoms with E-state index in [1.165, 1.54) is 17.3 Å². The third-order valence-electron chi connectivity index (χ3n) is 4.28. The van der Waals surface area contributed by atoms with Gasteiger partial charge in [-0.2, -0.15) is 4.98 Å². The van der Waals surface area contributed by atoms with Crippen LogP contribution in [-0.2, 0) is 12.2 Å². The fourth-order valence-electron chi connectivity index (χ4n) is 2.93. The Labute approximate surface area is 167 Å². The average molecular weight is 392 g/mol. The molecule has 0 radical (unpaired) electrons. The summed E-state index contributed by atoms with van der Waals surface area (Å²) in [6, 6.07) is 14.3. The minimum absolute atomic E-state index is 0.467. The molecule has 0 spiro atoms. The Bertz CT molecular complexity index is 1070. The molecule has 28 heavy (non-hydrogen) atoms. The zero-order valence-electron chi connectivity index (χ0n) is 16.0. The predicted molar refractivity (Wildman–Crippen MR) is 108 cm³/mol. The van der Waals surface area contributed by atoms with Gasteiger partial charge in [0.25, 0.3) is 5.22 Å². The van der Waals surface area contributed by atoms with Gasteiger partial charge >= 0.3 is 0 Å². The molecule has 0 saturated heterocycles. The molecule has 0 aliphatic heterocycles. The molecule has 4 aromatic rings. The third-order valence-corrected chi connectivity index (χ3v) is 5.09. The summed E-state index contributed by atoms with van der Waals surface area (Å²) in [5.41, 5.74) is 5.46. The second-order valence-corrected chi connectivity index (χ2v) is 7.53. The summed E-state index contributed by atoms with van der Waals surface area (Å²) >= 11 is 1.38. The highest BCUT2D eigenvalue weighted by Gasteiger charge is 2.13. The van der Waals surface area contributed by atoms with Crippen molar-refractivity contribution in [1.82, 2.24) is 20.3 Å². The lowest BCUT2D eigenvalue weighted by Gasteiger charge is -1.99. The summed E-state index contributed by atoms with van der Waals surface area (Å²) in [7, 11) is 0. The van der Waals surface area contributed by atoms with Crippen LogP contribution in [0.3, 0.4) is 0 Å². The van der Waals surface area contributed by atoms with Crippen molar-refractivity contribution in [2.45, 2.75) is 38.2 Å². The smallest absolute Gasteiger partial charge is 0.277 e. The van der Waals surface area contributed by atoms with Crippen molar-refractivity contribution in [3.8, 4) is 22.8 Å². The third kappa shape index (κ3) is 4.14. The molecule has 0 saturated carbocycles. The second-order valence-electron chi connectivity index (χ2n) is 6.60. The maximum atomic E-state index is 5.77. The molecular weight excluding hydrogens is 372 g/mol. The van der Waals surface area contributed by atoms with Crippen molar-refractivity contribution >= 4 is 11.8 Å². The molecule has 0 unspecified atom stereocenters. The monoisotopic (exact) mass is 392 g/mol. The summed E-state index contributed by atoms with van der Waals surface area (Å²) in [5.74, 6) is 2.08. The molecule has 0 fully saturated rings. The molecule has 0 bridgehead atoms. The Morgan fingerprint density at radius 1 is 0.929 bits per heavy atom. The van der Waals surface area contributed by atoms with E-state index in [-0.39, 0.29) is 0 Å². The largest absolute Gasteiger partial charge is 0.411 e. The zero-order valence-corrected chi connectivity index (χ0v) is 16.8. The van der Waals surface area contributed by atoms with Crippen LogP contribution in [0.4, 0.5) is 0 Å². The quantitative estimate of drug-likeness (QED) is 0.414. The van der Waals surface area contributed by atoms with Crippen LogP contribution in [0, 0.1) is 13.8 Å². The van der Waals surface area contributed by atoms with E-state index in [1.807, 2.05) is 38.1 Å². The van der Waals surface area contributed by atoms with E-state index < -0.39 is 0 Å². The highest BCUT2D eigenvalue weighted by atomic mass is 32.2. The molecule has 0 N–H and O–H groups in total. The van der Waals surface area contributed by atoms with Crippen LogP contribution in [0.25, 0.3) is 22.8 Å². The van der Waals surface area contributed by atoms with Crippen molar-refractivity contribution in [2.75, 3.05) is 0 Å². The summed E-state index contributed by atoms with van der Waals surface area (Å²) < 4.78 is 11.1. The number of benzene rings is 2. The lowest BCUT2D eigenvalue weighted by Crippen LogP contribution is -1.84. The van der Waals surface area contributed by atoms with Gasteiger partial charge in [-0.25, -0.2) is 0 Å². The first kappa shape index (κ1) is 18.4. The van der Waals surface area contributed by atoms with Gasteiger partial charge < -0.3 is 8.94 Å². The Morgan fingerprint density at radius 3 is 2.39 bits per heavy atom. The van der Waals surface area contributed by atoms with Crippen LogP contribution in [-0.4, -0.2) is 20.3 Å². The summed E-state index contributed by atoms with van der Waals surface area (Å²) in [5, 5.41) is 12.8. The Kier molecular flexibility index (Phi) is 5.25. The van der Waals surface area contributed by atoms with Gasteiger partial charge in [0.1, 0.15) is 0 Å². The van der Waals surface area contributed by atoms with Crippen LogP contribution in [0.1, 0.15) is 29.5 Å². The van der Waals surface area contributed by atoms with E-state index in [4.69, 9.17) is 8.94 Å². The molecule has 0 amide bonds. The molecule has 2 heterocycles. The summed E-state index contributed by atoms with van der Waals surface area (Å²) in [4.78, 5) is 4.45. The van der Waals surface area contributed by atoms with Crippen LogP contribution in [0.2, 0.25) is 0 Å². The van der Waals surface area contributed by atoms with Gasteiger partial charge in [-0.05, 0) is 38.0 Å². The van der Waals surface area contributed by atoms with E-state index in [0.29, 0.717) is 28.6 Å². The van der Waals surface area contributed by atoms with Gasteiger partial charge in [-0.1, -0.05) is 65.3 Å². The lowest BCUT2D eigenvalue weighted by atomic mass is 10.1. The molecule has 2 aromatic carbocycles. The Morgan fingerprint density at radius 2 is 1.68 bits per heavy atom. The van der Waals surface area contributed by atoms with Gasteiger partial charge in [-0.3, -0.25) is 0 Å². The zero-order chi connectivity index (χ0) is 19.5. The van der Waals surface area contributed by atoms with Gasteiger partial charge in [0, 0.05) is 11.1 Å². The first-order chi connectivity index (χ1) is 13.6. The lowest BCUT2D eigenvalue weighted by molar-refractivity contribution is 0.391. The number of thioether (sulfide) groups is 1. The molecule has 6 nitrogen and oxygen atoms in total. The SMILES string of the molecule is CCc1ccc(-c2noc(CSc3nnc(-c4cc(C)cc(C)c4)o3)n2)cc1. The maximum absolute atomic E-state index is 5.77. The van der Waals surface area contributed by atoms with Crippen LogP contribution < -0.4 is 0 Å². The average Bonchev–Trinajstić information content (AvgIpc) is 3.35. The fourth-order valence-corrected chi connectivity index (χ4v) is 3.53. The Hall–Kier alpha value is -2.93. The molecule has 0 aliphatic rings. The van der Waals surface area contributed by atoms with E-state index in [9.17, 15) is 0 Å². The van der Waals surface area contributed by atoms with E-state index in [2.05, 4.69) is 45.5 Å². The first-order valence-corrected chi connectivity index (χ1v) is 10.1. The van der Waals surface area contributed by atoms with E-state index >= 15 is 0 Å². The Balaban J connectivity index is 1.42. The number of nitrogens with zero attached hydrogens (tertiary/aromatic N) is 4. The van der Waals surface area contributed by atoms with Crippen LogP contribution in [0.5, 0.6) is 0 Å². The van der Waals surface area contributed by atoms with Crippen LogP contribution >= 0.6 is 11.8 Å². The van der Waals surface area contributed by atoms with Crippen LogP contribution in [0.15, 0.2) is 56.6 Å². The minimum atomic E-state index is 0.467. The molecule has 0 aliphatic carbocycles. The molecule has 142 valence electrons. The highest BCUT2D eigenvalue weighted by molar-refractivity contribution is 7.98. The maximum Gasteiger partial charge on any atom is 0.277 e. The van der Waals surface area contributed by atoms with Crippen molar-refractivity contribution in [3.63, 3.8) is 0 Å². The van der Waals surface area contributed by atoms with Gasteiger partial charge in [0.2, 0.25) is 17.6 Å². The number of rotatable bonds is 6. The van der Waals surface area contributed by atoms with Crippen molar-refractivity contribution in [1.29, 1.82) is 0 Å². The molecule has 4 rings (SSSR count). The van der Waals surface area contributed by atoms with E-state index in [1.54, 1.807) is 0 Å². The molecular formula is C21H20N4O2S. The van der Waals surface area contributed by atoms with Gasteiger partial charge in [-0.15, -0.1) is 10.2 Å². The molecule has 2 aromatic heterocycles. The minimum Gasteiger partial charge on any atom is -0.411 e. The van der Waals surface area contributed by atoms with E-state index in [0.717, 1.165) is 28.7 Å². The van der Waals surface area contributed by atoms with Gasteiger partial charge in [0.15, 0.2) is 0 Å². The van der Waals surface area contributed by atoms with Gasteiger partial charge in [0.05, 0.1) is 5.75 Å². The summed E-state index contributed by atoms with van der Waals surface area (Å²) in [6.07, 6.45) is 1.00. The van der Waals surface area contributed by atoms with Crippen molar-refractivity contribution in [2.24, 2.45) is 0 Å². The fraction of sp³-hybridized carbons (Fsp3) is 0.238. The summed E-state index contributed by atoms with van der Waals surface area (Å²) in [6.45, 7) is 6.22. The highest BCUT2D eigenvalue weighted by Crippen LogP contribution is 2.27. The van der Waals surface area contributed by atoms with Crippen molar-refractivity contribution < 1.29 is 8.94 Å². The number of hydrogen-bond acceptors (Lipinski definition) is 7. The predicted octanol–water partition coefficient (Wildman–Crippen LogP) is 5.26. The topological polar surface area (TPSA) is 77.8 Å². The molecule has 0 atom stereocenters. The normalized spacial score (nSPS) is 11.1. The number of aromatic nitrogens is 4. The van der Waals surface area contributed by atoms with Crippen molar-refractivity contribution in [3.05, 3.63) is 65.0 Å². The second kappa shape index (κ2) is 7.98. The number of aryl methyl sites for hydroxylation is 3. The number of hydrogen-bond donors (Lipinski definition) is 0. The molecule has 7 heteroatoms. The first-order valence-electron chi connectivity index (χ1n) is 9.07. The standard InChI is InChI=1S/C21H20N4O2S/c1-4-15-5-7-16(8-6-15)19-22-18(27-25-19)12-28-21-24-23-20(26-21)17-10-13(2)9-14(3)11-17/h5-11H,4,12H2,1-3H3.